The van der Waals surface area contributed by atoms with Crippen LogP contribution in [0.25, 0.3) is 11.3 Å². The number of carboxylic acid groups (broad SMARTS) is 1. The van der Waals surface area contributed by atoms with Crippen molar-refractivity contribution in [2.45, 2.75) is 65.3 Å². The fourth-order valence-corrected chi connectivity index (χ4v) is 6.32. The second-order valence-corrected chi connectivity index (χ2v) is 11.7. The number of fused-ring (bicyclic) bond motifs is 1. The first kappa shape index (κ1) is 31.0. The summed E-state index contributed by atoms with van der Waals surface area (Å²) in [6.07, 6.45) is 7.24. The summed E-state index contributed by atoms with van der Waals surface area (Å²) in [4.78, 5) is 33.0. The van der Waals surface area contributed by atoms with Crippen molar-refractivity contribution in [3.8, 4) is 11.3 Å². The average Bonchev–Trinajstić information content (AvgIpc) is 3.46. The van der Waals surface area contributed by atoms with Gasteiger partial charge in [-0.25, -0.2) is 9.78 Å². The molecule has 8 heteroatoms. The number of hydrogen-bond donors (Lipinski definition) is 1. The molecular weight excluding hydrogens is 550 g/mol. The van der Waals surface area contributed by atoms with Crippen LogP contribution in [0, 0.1) is 6.92 Å². The topological polar surface area (TPSA) is 89.3 Å². The summed E-state index contributed by atoms with van der Waals surface area (Å²) in [7, 11) is 1.77. The van der Waals surface area contributed by atoms with Crippen LogP contribution in [0.5, 0.6) is 0 Å². The molecule has 0 atom stereocenters. The molecule has 2 aromatic carbocycles. The number of anilines is 2. The maximum Gasteiger partial charge on any atom is 0.336 e. The molecule has 1 fully saturated rings. The zero-order valence-electron chi connectivity index (χ0n) is 26.3. The van der Waals surface area contributed by atoms with Crippen molar-refractivity contribution in [3.05, 3.63) is 88.5 Å². The van der Waals surface area contributed by atoms with E-state index < -0.39 is 5.97 Å². The molecular formula is C36H43N5O3. The van der Waals surface area contributed by atoms with Gasteiger partial charge in [0.2, 0.25) is 5.91 Å². The Morgan fingerprint density at radius 3 is 2.55 bits per heavy atom. The number of likely N-dealkylation sites (tertiary alicyclic amines) is 1. The molecule has 1 amide bonds. The smallest absolute Gasteiger partial charge is 0.336 e. The predicted octanol–water partition coefficient (Wildman–Crippen LogP) is 6.58. The fourth-order valence-electron chi connectivity index (χ4n) is 6.32. The zero-order valence-corrected chi connectivity index (χ0v) is 26.3. The van der Waals surface area contributed by atoms with Crippen molar-refractivity contribution in [1.29, 1.82) is 0 Å². The van der Waals surface area contributed by atoms with Crippen LogP contribution in [-0.2, 0) is 22.6 Å². The Balaban J connectivity index is 1.33. The maximum atomic E-state index is 12.1. The molecule has 3 aromatic rings. The normalized spacial score (nSPS) is 15.6. The van der Waals surface area contributed by atoms with Crippen molar-refractivity contribution < 1.29 is 14.7 Å². The summed E-state index contributed by atoms with van der Waals surface area (Å²) in [5, 5.41) is 15.4. The number of aryl methyl sites for hydroxylation is 1. The van der Waals surface area contributed by atoms with Gasteiger partial charge in [-0.1, -0.05) is 62.4 Å². The predicted molar refractivity (Wildman–Crippen MR) is 177 cm³/mol. The quantitative estimate of drug-likeness (QED) is 0.162. The van der Waals surface area contributed by atoms with Gasteiger partial charge in [0.05, 0.1) is 17.5 Å². The molecule has 1 saturated heterocycles. The SMILES string of the molecule is CC/C=C(/C=N\N(C)c1cccc(-c2cccc3c2N(Cc2ccc(C4CCN(C(=O)CC)CC4)cc2C)CC3)n1)C(=O)O. The number of nitrogens with zero attached hydrogens (tertiary/aromatic N) is 5. The van der Waals surface area contributed by atoms with E-state index in [9.17, 15) is 14.7 Å². The van der Waals surface area contributed by atoms with Gasteiger partial charge in [-0.15, -0.1) is 0 Å². The largest absolute Gasteiger partial charge is 0.478 e. The molecule has 3 heterocycles. The molecule has 0 unspecified atom stereocenters. The van der Waals surface area contributed by atoms with Crippen LogP contribution < -0.4 is 9.91 Å². The number of para-hydroxylation sites is 1. The van der Waals surface area contributed by atoms with E-state index in [4.69, 9.17) is 4.98 Å². The molecule has 44 heavy (non-hydrogen) atoms. The van der Waals surface area contributed by atoms with Gasteiger partial charge < -0.3 is 14.9 Å². The van der Waals surface area contributed by atoms with Crippen LogP contribution in [0.15, 0.2) is 71.3 Å². The second kappa shape index (κ2) is 13.9. The van der Waals surface area contributed by atoms with Gasteiger partial charge in [-0.2, -0.15) is 5.10 Å². The maximum absolute atomic E-state index is 12.1. The number of carbonyl (C=O) groups excluding carboxylic acids is 1. The molecule has 8 nitrogen and oxygen atoms in total. The highest BCUT2D eigenvalue weighted by atomic mass is 16.4. The van der Waals surface area contributed by atoms with Gasteiger partial charge in [0.1, 0.15) is 5.82 Å². The summed E-state index contributed by atoms with van der Waals surface area (Å²) in [5.74, 6) is 0.401. The minimum atomic E-state index is -0.999. The number of benzene rings is 2. The van der Waals surface area contributed by atoms with Gasteiger partial charge >= 0.3 is 5.97 Å². The molecule has 2 aliphatic heterocycles. The first-order chi connectivity index (χ1) is 21.3. The number of aromatic nitrogens is 1. The van der Waals surface area contributed by atoms with Crippen LogP contribution in [0.2, 0.25) is 0 Å². The minimum Gasteiger partial charge on any atom is -0.478 e. The van der Waals surface area contributed by atoms with E-state index in [-0.39, 0.29) is 11.5 Å². The number of piperidine rings is 1. The third kappa shape index (κ3) is 6.85. The Hall–Kier alpha value is -4.46. The Morgan fingerprint density at radius 1 is 1.07 bits per heavy atom. The summed E-state index contributed by atoms with van der Waals surface area (Å²) < 4.78 is 0. The van der Waals surface area contributed by atoms with Gasteiger partial charge in [0.25, 0.3) is 0 Å². The van der Waals surface area contributed by atoms with Gasteiger partial charge in [0.15, 0.2) is 0 Å². The van der Waals surface area contributed by atoms with E-state index in [1.165, 1.54) is 34.2 Å². The number of carboxylic acids is 1. The molecule has 5 rings (SSSR count). The lowest BCUT2D eigenvalue weighted by Gasteiger charge is -2.32. The van der Waals surface area contributed by atoms with E-state index in [0.29, 0.717) is 24.6 Å². The summed E-state index contributed by atoms with van der Waals surface area (Å²) in [5.41, 5.74) is 8.64. The van der Waals surface area contributed by atoms with Crippen LogP contribution in [0.4, 0.5) is 11.5 Å². The van der Waals surface area contributed by atoms with Crippen LogP contribution in [0.3, 0.4) is 0 Å². The van der Waals surface area contributed by atoms with E-state index >= 15 is 0 Å². The molecule has 0 saturated carbocycles. The van der Waals surface area contributed by atoms with Crippen LogP contribution >= 0.6 is 0 Å². The molecule has 2 aliphatic rings. The lowest BCUT2D eigenvalue weighted by molar-refractivity contribution is -0.132. The first-order valence-electron chi connectivity index (χ1n) is 15.7. The highest BCUT2D eigenvalue weighted by molar-refractivity contribution is 6.08. The number of hydrogen-bond acceptors (Lipinski definition) is 6. The third-order valence-corrected chi connectivity index (χ3v) is 8.82. The molecule has 230 valence electrons. The van der Waals surface area contributed by atoms with Gasteiger partial charge in [0, 0.05) is 50.9 Å². The lowest BCUT2D eigenvalue weighted by Crippen LogP contribution is -2.37. The van der Waals surface area contributed by atoms with Crippen molar-refractivity contribution in [1.82, 2.24) is 9.88 Å². The standard InChI is InChI=1S/C36H43N5O3/c1-5-9-29(36(43)44)23-37-39(4)33-13-8-12-32(38-33)31-11-7-10-27-18-21-41(35(27)31)24-30-15-14-28(22-25(30)3)26-16-19-40(20-17-26)34(42)6-2/h7-15,22-23,26H,5-6,16-21,24H2,1-4H3,(H,43,44)/b29-9-,37-23-. The summed E-state index contributed by atoms with van der Waals surface area (Å²) >= 11 is 0. The first-order valence-corrected chi connectivity index (χ1v) is 15.7. The summed E-state index contributed by atoms with van der Waals surface area (Å²) in [6.45, 7) is 9.52. The average molecular weight is 594 g/mol. The third-order valence-electron chi connectivity index (χ3n) is 8.82. The zero-order chi connectivity index (χ0) is 31.2. The van der Waals surface area contributed by atoms with Crippen LogP contribution in [-0.4, -0.2) is 59.8 Å². The van der Waals surface area contributed by atoms with E-state index in [1.54, 1.807) is 18.1 Å². The minimum absolute atomic E-state index is 0.157. The Kier molecular flexibility index (Phi) is 9.78. The molecule has 0 bridgehead atoms. The molecule has 1 aromatic heterocycles. The number of pyridine rings is 1. The highest BCUT2D eigenvalue weighted by Gasteiger charge is 2.26. The molecule has 1 N–H and O–H groups in total. The lowest BCUT2D eigenvalue weighted by atomic mass is 9.87. The number of rotatable bonds is 10. The monoisotopic (exact) mass is 593 g/mol. The van der Waals surface area contributed by atoms with Crippen molar-refractivity contribution >= 4 is 29.6 Å². The fraction of sp³-hybridized carbons (Fsp3) is 0.389. The van der Waals surface area contributed by atoms with Crippen molar-refractivity contribution in [2.75, 3.05) is 36.6 Å². The van der Waals surface area contributed by atoms with E-state index in [1.807, 2.05) is 36.9 Å². The van der Waals surface area contributed by atoms with E-state index in [0.717, 1.165) is 56.7 Å². The number of carbonyl (C=O) groups is 2. The Bertz CT molecular complexity index is 1570. The number of aliphatic carboxylic acids is 1. The van der Waals surface area contributed by atoms with Crippen molar-refractivity contribution in [3.63, 3.8) is 0 Å². The second-order valence-electron chi connectivity index (χ2n) is 11.7. The van der Waals surface area contributed by atoms with E-state index in [2.05, 4.69) is 53.3 Å². The summed E-state index contributed by atoms with van der Waals surface area (Å²) in [6, 6.07) is 19.2. The van der Waals surface area contributed by atoms with Crippen LogP contribution in [0.1, 0.15) is 67.7 Å². The highest BCUT2D eigenvalue weighted by Crippen LogP contribution is 2.39. The Morgan fingerprint density at radius 2 is 1.84 bits per heavy atom. The number of allylic oxidation sites excluding steroid dienone is 1. The molecule has 0 spiro atoms. The van der Waals surface area contributed by atoms with Crippen molar-refractivity contribution in [2.24, 2.45) is 5.10 Å². The molecule has 0 aliphatic carbocycles. The van der Waals surface area contributed by atoms with Gasteiger partial charge in [-0.05, 0) is 72.9 Å². The number of amides is 1. The van der Waals surface area contributed by atoms with Gasteiger partial charge in [-0.3, -0.25) is 9.80 Å². The molecule has 0 radical (unpaired) electrons. The Labute approximate surface area is 260 Å². The number of hydrazone groups is 1.